The molecule has 0 saturated heterocycles. The molecule has 3 aromatic rings. The predicted octanol–water partition coefficient (Wildman–Crippen LogP) is 7.72. The van der Waals surface area contributed by atoms with E-state index in [-0.39, 0.29) is 26.6 Å². The summed E-state index contributed by atoms with van der Waals surface area (Å²) in [6, 6.07) is 12.0. The van der Waals surface area contributed by atoms with Crippen LogP contribution in [0.2, 0.25) is 15.1 Å². The fraction of sp³-hybridized carbons (Fsp3) is 0.136. The lowest BCUT2D eigenvalue weighted by molar-refractivity contribution is -0.117. The Morgan fingerprint density at radius 2 is 1.65 bits per heavy atom. The number of alkyl halides is 2. The summed E-state index contributed by atoms with van der Waals surface area (Å²) in [7, 11) is 0. The van der Waals surface area contributed by atoms with E-state index in [2.05, 4.69) is 31.5 Å². The average Bonchev–Trinajstić information content (AvgIpc) is 3.33. The standard InChI is InChI=1S/C22H12BrCl5FN3O2/c23-14-2-4-16(31-19(14)29)32-20(33)13-8-12(1-3-15(13)26)30-21(34)18-17(22(18,27)28)9-5-10(24)7-11(25)6-9/h1-8,17-18H,(H,30,34)(H,31,32,33). The Kier molecular flexibility index (Phi) is 7.34. The molecule has 1 aliphatic carbocycles. The molecule has 1 saturated carbocycles. The summed E-state index contributed by atoms with van der Waals surface area (Å²) in [4.78, 5) is 29.2. The number of carbonyl (C=O) groups excluding carboxylic acids is 2. The first-order chi connectivity index (χ1) is 16.0. The molecule has 2 amide bonds. The molecule has 1 aliphatic rings. The van der Waals surface area contributed by atoms with E-state index in [9.17, 15) is 14.0 Å². The minimum absolute atomic E-state index is 0.00808. The first kappa shape index (κ1) is 25.5. The van der Waals surface area contributed by atoms with Gasteiger partial charge in [-0.15, -0.1) is 23.2 Å². The normalized spacial score (nSPS) is 18.3. The van der Waals surface area contributed by atoms with E-state index in [0.717, 1.165) is 0 Å². The molecule has 0 spiro atoms. The number of rotatable bonds is 5. The molecule has 2 aromatic carbocycles. The van der Waals surface area contributed by atoms with Crippen LogP contribution in [0.15, 0.2) is 53.0 Å². The number of amides is 2. The topological polar surface area (TPSA) is 71.1 Å². The van der Waals surface area contributed by atoms with Gasteiger partial charge in [0.2, 0.25) is 11.9 Å². The predicted molar refractivity (Wildman–Crippen MR) is 137 cm³/mol. The largest absolute Gasteiger partial charge is 0.326 e. The van der Waals surface area contributed by atoms with E-state index in [1.54, 1.807) is 18.2 Å². The molecule has 1 heterocycles. The van der Waals surface area contributed by atoms with Gasteiger partial charge in [-0.3, -0.25) is 9.59 Å². The number of carbonyl (C=O) groups is 2. The maximum atomic E-state index is 13.6. The zero-order valence-electron chi connectivity index (χ0n) is 16.7. The summed E-state index contributed by atoms with van der Waals surface area (Å²) in [6.07, 6.45) is 0. The summed E-state index contributed by atoms with van der Waals surface area (Å²) in [5, 5.41) is 6.07. The van der Waals surface area contributed by atoms with Gasteiger partial charge in [-0.1, -0.05) is 34.8 Å². The van der Waals surface area contributed by atoms with Crippen molar-refractivity contribution in [3.05, 3.63) is 85.1 Å². The zero-order chi connectivity index (χ0) is 24.8. The van der Waals surface area contributed by atoms with Crippen LogP contribution in [0.25, 0.3) is 0 Å². The van der Waals surface area contributed by atoms with Gasteiger partial charge in [-0.25, -0.2) is 4.98 Å². The maximum absolute atomic E-state index is 13.6. The third-order valence-electron chi connectivity index (χ3n) is 5.10. The van der Waals surface area contributed by atoms with Crippen LogP contribution in [0, 0.1) is 11.9 Å². The number of halogens is 7. The number of nitrogens with zero attached hydrogens (tertiary/aromatic N) is 1. The van der Waals surface area contributed by atoms with E-state index in [1.165, 1.54) is 30.3 Å². The van der Waals surface area contributed by atoms with Crippen molar-refractivity contribution in [3.8, 4) is 0 Å². The highest BCUT2D eigenvalue weighted by Crippen LogP contribution is 2.65. The van der Waals surface area contributed by atoms with E-state index in [1.807, 2.05) is 0 Å². The molecule has 176 valence electrons. The molecular weight excluding hydrogens is 614 g/mol. The number of pyridine rings is 1. The van der Waals surface area contributed by atoms with Gasteiger partial charge in [0.15, 0.2) is 0 Å². The average molecular weight is 627 g/mol. The Morgan fingerprint density at radius 3 is 2.29 bits per heavy atom. The molecule has 1 fully saturated rings. The second kappa shape index (κ2) is 9.80. The number of benzene rings is 2. The third kappa shape index (κ3) is 5.30. The molecule has 34 heavy (non-hydrogen) atoms. The minimum Gasteiger partial charge on any atom is -0.326 e. The van der Waals surface area contributed by atoms with Crippen molar-refractivity contribution in [2.75, 3.05) is 10.6 Å². The van der Waals surface area contributed by atoms with Crippen molar-refractivity contribution in [1.29, 1.82) is 0 Å². The Morgan fingerprint density at radius 1 is 0.971 bits per heavy atom. The van der Waals surface area contributed by atoms with Gasteiger partial charge in [0.1, 0.15) is 10.2 Å². The fourth-order valence-corrected chi connectivity index (χ4v) is 5.29. The van der Waals surface area contributed by atoms with Gasteiger partial charge in [0, 0.05) is 21.7 Å². The van der Waals surface area contributed by atoms with Crippen LogP contribution in [0.1, 0.15) is 21.8 Å². The van der Waals surface area contributed by atoms with Crippen molar-refractivity contribution in [1.82, 2.24) is 4.98 Å². The monoisotopic (exact) mass is 623 g/mol. The van der Waals surface area contributed by atoms with E-state index in [0.29, 0.717) is 15.6 Å². The highest BCUT2D eigenvalue weighted by atomic mass is 79.9. The minimum atomic E-state index is -1.36. The molecule has 1 aromatic heterocycles. The molecule has 0 bridgehead atoms. The highest BCUT2D eigenvalue weighted by Gasteiger charge is 2.67. The number of anilines is 2. The summed E-state index contributed by atoms with van der Waals surface area (Å²) in [5.74, 6) is -3.20. The van der Waals surface area contributed by atoms with Crippen LogP contribution in [-0.2, 0) is 4.79 Å². The summed E-state index contributed by atoms with van der Waals surface area (Å²) in [5.41, 5.74) is 0.961. The lowest BCUT2D eigenvalue weighted by atomic mass is 10.1. The summed E-state index contributed by atoms with van der Waals surface area (Å²) >= 11 is 34.0. The maximum Gasteiger partial charge on any atom is 0.258 e. The lowest BCUT2D eigenvalue weighted by Gasteiger charge is -2.10. The number of hydrogen-bond donors (Lipinski definition) is 2. The third-order valence-corrected chi connectivity index (χ3v) is 7.40. The van der Waals surface area contributed by atoms with Crippen LogP contribution < -0.4 is 10.6 Å². The van der Waals surface area contributed by atoms with Gasteiger partial charge in [-0.05, 0) is 70.0 Å². The van der Waals surface area contributed by atoms with E-state index < -0.39 is 33.9 Å². The van der Waals surface area contributed by atoms with Gasteiger partial charge >= 0.3 is 0 Å². The number of hydrogen-bond acceptors (Lipinski definition) is 3. The first-order valence-electron chi connectivity index (χ1n) is 9.55. The fourth-order valence-electron chi connectivity index (χ4n) is 3.49. The second-order valence-corrected chi connectivity index (χ2v) is 11.0. The SMILES string of the molecule is O=C(Nc1ccc(Br)c(F)n1)c1cc(NC(=O)C2C(c3cc(Cl)cc(Cl)c3)C2(Cl)Cl)ccc1Cl. The molecule has 2 N–H and O–H groups in total. The lowest BCUT2D eigenvalue weighted by Crippen LogP contribution is -2.18. The Balaban J connectivity index is 1.51. The van der Waals surface area contributed by atoms with Crippen molar-refractivity contribution < 1.29 is 14.0 Å². The van der Waals surface area contributed by atoms with E-state index in [4.69, 9.17) is 58.0 Å². The Hall–Kier alpha value is -1.61. The summed E-state index contributed by atoms with van der Waals surface area (Å²) < 4.78 is 12.4. The Bertz CT molecular complexity index is 1300. The van der Waals surface area contributed by atoms with Crippen LogP contribution >= 0.6 is 73.9 Å². The molecule has 12 heteroatoms. The molecule has 2 atom stereocenters. The molecule has 0 radical (unpaired) electrons. The van der Waals surface area contributed by atoms with E-state index >= 15 is 0 Å². The smallest absolute Gasteiger partial charge is 0.258 e. The van der Waals surface area contributed by atoms with Crippen molar-refractivity contribution in [2.45, 2.75) is 10.3 Å². The van der Waals surface area contributed by atoms with Crippen molar-refractivity contribution in [2.24, 2.45) is 5.92 Å². The van der Waals surface area contributed by atoms with Crippen LogP contribution in [0.5, 0.6) is 0 Å². The van der Waals surface area contributed by atoms with Gasteiger partial charge in [-0.2, -0.15) is 4.39 Å². The quantitative estimate of drug-likeness (QED) is 0.225. The number of nitrogens with one attached hydrogen (secondary N) is 2. The molecular formula is C22H12BrCl5FN3O2. The van der Waals surface area contributed by atoms with Gasteiger partial charge < -0.3 is 10.6 Å². The number of aromatic nitrogens is 1. The van der Waals surface area contributed by atoms with Crippen LogP contribution in [-0.4, -0.2) is 21.1 Å². The van der Waals surface area contributed by atoms with Crippen LogP contribution in [0.4, 0.5) is 15.9 Å². The van der Waals surface area contributed by atoms with Gasteiger partial charge in [0.25, 0.3) is 5.91 Å². The summed E-state index contributed by atoms with van der Waals surface area (Å²) in [6.45, 7) is 0. The highest BCUT2D eigenvalue weighted by molar-refractivity contribution is 9.10. The van der Waals surface area contributed by atoms with Crippen molar-refractivity contribution >= 4 is 97.3 Å². The van der Waals surface area contributed by atoms with Gasteiger partial charge in [0.05, 0.1) is 21.0 Å². The molecule has 0 aliphatic heterocycles. The second-order valence-electron chi connectivity index (χ2n) is 7.44. The van der Waals surface area contributed by atoms with Crippen molar-refractivity contribution in [3.63, 3.8) is 0 Å². The first-order valence-corrected chi connectivity index (χ1v) is 12.2. The van der Waals surface area contributed by atoms with Crippen LogP contribution in [0.3, 0.4) is 0 Å². The Labute approximate surface area is 227 Å². The molecule has 2 unspecified atom stereocenters. The molecule has 5 nitrogen and oxygen atoms in total. The zero-order valence-corrected chi connectivity index (χ0v) is 22.0. The molecule has 4 rings (SSSR count).